The fourth-order valence-corrected chi connectivity index (χ4v) is 5.44. The quantitative estimate of drug-likeness (QED) is 0.369. The fraction of sp³-hybridized carbons (Fsp3) is 0.562. The van der Waals surface area contributed by atoms with Gasteiger partial charge < -0.3 is 29.2 Å². The van der Waals surface area contributed by atoms with Crippen molar-refractivity contribution in [2.75, 3.05) is 34.4 Å². The molecular formula is C32H46N2O6. The summed E-state index contributed by atoms with van der Waals surface area (Å²) in [4.78, 5) is 28.3. The van der Waals surface area contributed by atoms with Crippen LogP contribution in [0.5, 0.6) is 0 Å². The van der Waals surface area contributed by atoms with Crippen molar-refractivity contribution in [3.05, 3.63) is 65.6 Å². The maximum Gasteiger partial charge on any atom is 0.410 e. The summed E-state index contributed by atoms with van der Waals surface area (Å²) >= 11 is 0. The van der Waals surface area contributed by atoms with Crippen LogP contribution in [0.15, 0.2) is 60.1 Å². The lowest BCUT2D eigenvalue weighted by Gasteiger charge is -2.37. The highest BCUT2D eigenvalue weighted by atomic mass is 16.6. The standard InChI is InChI=1S/C32H46N2O6/c1-8-23(24-13-10-9-11-14-24)16-17-25-21-27(37-5)28(38-6)22-32(25,39-7)29(35)33-19-18-26-15-12-20-34(26)30(36)40-31(2,3)4/h9-11,13-14,16,21-22,25-26H,8,12,15,17-20H2,1-7H3,(H,33,35). The van der Waals surface area contributed by atoms with Crippen molar-refractivity contribution in [2.45, 2.75) is 77.0 Å². The van der Waals surface area contributed by atoms with Crippen LogP contribution in [0.4, 0.5) is 4.79 Å². The molecule has 1 N–H and O–H groups in total. The van der Waals surface area contributed by atoms with E-state index in [0.29, 0.717) is 37.4 Å². The first-order valence-corrected chi connectivity index (χ1v) is 14.2. The van der Waals surface area contributed by atoms with Gasteiger partial charge in [-0.05, 0) is 70.1 Å². The van der Waals surface area contributed by atoms with Crippen LogP contribution in [0.2, 0.25) is 0 Å². The number of hydrogen-bond donors (Lipinski definition) is 1. The van der Waals surface area contributed by atoms with Gasteiger partial charge in [0.05, 0.1) is 14.2 Å². The van der Waals surface area contributed by atoms with E-state index in [4.69, 9.17) is 18.9 Å². The average molecular weight is 555 g/mol. The van der Waals surface area contributed by atoms with Crippen LogP contribution in [-0.2, 0) is 23.7 Å². The molecule has 2 aliphatic rings. The highest BCUT2D eigenvalue weighted by molar-refractivity contribution is 5.89. The number of carbonyl (C=O) groups is 2. The second kappa shape index (κ2) is 13.9. The summed E-state index contributed by atoms with van der Waals surface area (Å²) in [6, 6.07) is 10.3. The first kappa shape index (κ1) is 31.3. The Hall–Kier alpha value is -3.26. The van der Waals surface area contributed by atoms with E-state index in [0.717, 1.165) is 24.8 Å². The number of amides is 2. The fourth-order valence-electron chi connectivity index (χ4n) is 5.44. The third-order valence-corrected chi connectivity index (χ3v) is 7.54. The van der Waals surface area contributed by atoms with Gasteiger partial charge in [0.2, 0.25) is 0 Å². The minimum absolute atomic E-state index is 0.0155. The lowest BCUT2D eigenvalue weighted by molar-refractivity contribution is -0.142. The third-order valence-electron chi connectivity index (χ3n) is 7.54. The van der Waals surface area contributed by atoms with Crippen LogP contribution in [0.3, 0.4) is 0 Å². The van der Waals surface area contributed by atoms with E-state index in [9.17, 15) is 9.59 Å². The molecule has 0 bridgehead atoms. The molecule has 220 valence electrons. The predicted molar refractivity (Wildman–Crippen MR) is 156 cm³/mol. The average Bonchev–Trinajstić information content (AvgIpc) is 3.41. The SMILES string of the molecule is CCC(=CCC1C=C(OC)C(OC)=CC1(OC)C(=O)NCCC1CCCN1C(=O)OC(C)(C)C)c1ccccc1. The van der Waals surface area contributed by atoms with Gasteiger partial charge in [-0.25, -0.2) is 4.79 Å². The van der Waals surface area contributed by atoms with Crippen LogP contribution in [0.25, 0.3) is 5.57 Å². The normalized spacial score (nSPS) is 23.3. The van der Waals surface area contributed by atoms with Crippen molar-refractivity contribution in [3.63, 3.8) is 0 Å². The largest absolute Gasteiger partial charge is 0.493 e. The summed E-state index contributed by atoms with van der Waals surface area (Å²) in [5, 5.41) is 3.09. The van der Waals surface area contributed by atoms with Gasteiger partial charge in [-0.2, -0.15) is 0 Å². The first-order valence-electron chi connectivity index (χ1n) is 14.2. The Morgan fingerprint density at radius 1 is 1.10 bits per heavy atom. The van der Waals surface area contributed by atoms with Gasteiger partial charge in [0.15, 0.2) is 17.1 Å². The molecule has 1 aliphatic heterocycles. The molecule has 8 nitrogen and oxygen atoms in total. The molecule has 1 saturated heterocycles. The van der Waals surface area contributed by atoms with Crippen molar-refractivity contribution in [2.24, 2.45) is 5.92 Å². The Morgan fingerprint density at radius 2 is 1.80 bits per heavy atom. The van der Waals surface area contributed by atoms with Crippen molar-refractivity contribution in [3.8, 4) is 0 Å². The second-order valence-corrected chi connectivity index (χ2v) is 11.3. The predicted octanol–water partition coefficient (Wildman–Crippen LogP) is 5.85. The minimum Gasteiger partial charge on any atom is -0.493 e. The molecule has 0 aromatic heterocycles. The number of methoxy groups -OCH3 is 3. The summed E-state index contributed by atoms with van der Waals surface area (Å²) in [5.74, 6) is 0.429. The molecule has 0 saturated carbocycles. The maximum atomic E-state index is 13.8. The number of benzene rings is 1. The van der Waals surface area contributed by atoms with E-state index in [2.05, 4.69) is 30.4 Å². The van der Waals surface area contributed by atoms with Gasteiger partial charge >= 0.3 is 6.09 Å². The van der Waals surface area contributed by atoms with Gasteiger partial charge in [0.25, 0.3) is 5.91 Å². The van der Waals surface area contributed by atoms with Crippen LogP contribution in [-0.4, -0.2) is 68.6 Å². The van der Waals surface area contributed by atoms with Gasteiger partial charge in [-0.3, -0.25) is 4.79 Å². The van der Waals surface area contributed by atoms with Gasteiger partial charge in [-0.1, -0.05) is 43.3 Å². The molecule has 1 fully saturated rings. The topological polar surface area (TPSA) is 86.3 Å². The molecular weight excluding hydrogens is 508 g/mol. The third kappa shape index (κ3) is 7.47. The molecule has 3 rings (SSSR count). The van der Waals surface area contributed by atoms with Crippen LogP contribution in [0, 0.1) is 5.92 Å². The molecule has 1 aliphatic carbocycles. The van der Waals surface area contributed by atoms with E-state index < -0.39 is 11.2 Å². The summed E-state index contributed by atoms with van der Waals surface area (Å²) in [6.45, 7) is 8.78. The summed E-state index contributed by atoms with van der Waals surface area (Å²) in [7, 11) is 4.68. The van der Waals surface area contributed by atoms with Gasteiger partial charge in [-0.15, -0.1) is 0 Å². The van der Waals surface area contributed by atoms with Crippen molar-refractivity contribution >= 4 is 17.6 Å². The van der Waals surface area contributed by atoms with E-state index >= 15 is 0 Å². The molecule has 1 aromatic rings. The number of allylic oxidation sites excluding steroid dienone is 2. The zero-order valence-electron chi connectivity index (χ0n) is 25.1. The number of nitrogens with zero attached hydrogens (tertiary/aromatic N) is 1. The van der Waals surface area contributed by atoms with Crippen LogP contribution in [0.1, 0.15) is 65.4 Å². The lowest BCUT2D eigenvalue weighted by atomic mass is 9.78. The molecule has 40 heavy (non-hydrogen) atoms. The number of likely N-dealkylation sites (tertiary alicyclic amines) is 1. The molecule has 3 atom stereocenters. The number of rotatable bonds is 11. The number of hydrogen-bond acceptors (Lipinski definition) is 6. The number of nitrogens with one attached hydrogen (secondary N) is 1. The Labute approximate surface area is 239 Å². The highest BCUT2D eigenvalue weighted by Gasteiger charge is 2.47. The zero-order valence-corrected chi connectivity index (χ0v) is 25.1. The maximum absolute atomic E-state index is 13.8. The van der Waals surface area contributed by atoms with E-state index in [1.807, 2.05) is 45.0 Å². The summed E-state index contributed by atoms with van der Waals surface area (Å²) in [5.41, 5.74) is 0.512. The molecule has 3 unspecified atom stereocenters. The smallest absolute Gasteiger partial charge is 0.410 e. The van der Waals surface area contributed by atoms with Gasteiger partial charge in [0.1, 0.15) is 5.60 Å². The molecule has 8 heteroatoms. The molecule has 2 amide bonds. The Morgan fingerprint density at radius 3 is 2.40 bits per heavy atom. The second-order valence-electron chi connectivity index (χ2n) is 11.3. The molecule has 1 heterocycles. The van der Waals surface area contributed by atoms with Crippen molar-refractivity contribution in [1.29, 1.82) is 0 Å². The molecule has 0 spiro atoms. The zero-order chi connectivity index (χ0) is 29.3. The van der Waals surface area contributed by atoms with Crippen LogP contribution < -0.4 is 5.32 Å². The Kier molecular flexibility index (Phi) is 10.9. The first-order chi connectivity index (χ1) is 19.1. The number of carbonyl (C=O) groups excluding carboxylic acids is 2. The summed E-state index contributed by atoms with van der Waals surface area (Å²) < 4.78 is 22.7. The van der Waals surface area contributed by atoms with Crippen LogP contribution >= 0.6 is 0 Å². The minimum atomic E-state index is -1.29. The Balaban J connectivity index is 1.78. The van der Waals surface area contributed by atoms with Gasteiger partial charge in [0, 0.05) is 38.2 Å². The highest BCUT2D eigenvalue weighted by Crippen LogP contribution is 2.38. The number of ether oxygens (including phenoxy) is 4. The Bertz CT molecular complexity index is 1100. The van der Waals surface area contributed by atoms with E-state index in [1.165, 1.54) is 5.57 Å². The van der Waals surface area contributed by atoms with Crippen molar-refractivity contribution in [1.82, 2.24) is 10.2 Å². The monoisotopic (exact) mass is 554 g/mol. The van der Waals surface area contributed by atoms with E-state index in [1.54, 1.807) is 32.3 Å². The van der Waals surface area contributed by atoms with E-state index in [-0.39, 0.29) is 24.0 Å². The molecule has 0 radical (unpaired) electrons. The van der Waals surface area contributed by atoms with Crippen molar-refractivity contribution < 1.29 is 28.5 Å². The lowest BCUT2D eigenvalue weighted by Crippen LogP contribution is -2.53. The molecule has 1 aromatic carbocycles. The summed E-state index contributed by atoms with van der Waals surface area (Å²) in [6.07, 6.45) is 9.35.